The first-order valence-corrected chi connectivity index (χ1v) is 19.5. The highest BCUT2D eigenvalue weighted by atomic mass is 16.5. The molecular weight excluding hydrogens is 759 g/mol. The SMILES string of the molecule is COc1ccc(CN(CC(=O)O)C(=O)[C@H](CC(=O)NC(c2ccccc2)(c2ccccc2)c2ccccc2)NC(=O)OCC2c3ccccc3-c3ccccc32)c(OC)c1. The van der Waals surface area contributed by atoms with Crippen LogP contribution in [0.5, 0.6) is 11.5 Å². The standard InChI is InChI=1S/C49H45N3O8/c1-58-37-27-26-33(44(28-37)59-2)30-52(31-46(54)55)47(56)43(50-48(57)60-32-42-40-24-14-12-22-38(40)39-23-13-15-25-41(39)42)29-45(53)51-49(34-16-6-3-7-17-34,35-18-8-4-9-19-35)36-20-10-5-11-21-36/h3-28,42-43H,29-32H2,1-2H3,(H,50,57)(H,51,53)(H,54,55)/t43-/m0/s1. The molecule has 0 saturated carbocycles. The number of benzene rings is 6. The quantitative estimate of drug-likeness (QED) is 0.0854. The van der Waals surface area contributed by atoms with Gasteiger partial charge in [-0.05, 0) is 51.1 Å². The number of hydrogen-bond donors (Lipinski definition) is 3. The highest BCUT2D eigenvalue weighted by molar-refractivity contribution is 5.93. The Bertz CT molecular complexity index is 2320. The Hall–Kier alpha value is -7.40. The number of nitrogens with one attached hydrogen (secondary N) is 2. The number of carbonyl (C=O) groups excluding carboxylic acids is 3. The normalized spacial score (nSPS) is 12.3. The Morgan fingerprint density at radius 3 is 1.70 bits per heavy atom. The molecule has 1 aliphatic carbocycles. The van der Waals surface area contributed by atoms with E-state index in [9.17, 15) is 24.3 Å². The number of alkyl carbamates (subject to hydrolysis) is 1. The molecule has 0 radical (unpaired) electrons. The lowest BCUT2D eigenvalue weighted by Gasteiger charge is -2.37. The maximum Gasteiger partial charge on any atom is 0.407 e. The summed E-state index contributed by atoms with van der Waals surface area (Å²) in [6.07, 6.45) is -1.51. The summed E-state index contributed by atoms with van der Waals surface area (Å²) in [5.41, 5.74) is 5.60. The third-order valence-corrected chi connectivity index (χ3v) is 10.8. The minimum Gasteiger partial charge on any atom is -0.497 e. The number of ether oxygens (including phenoxy) is 3. The van der Waals surface area contributed by atoms with Gasteiger partial charge in [0.1, 0.15) is 36.2 Å². The number of carbonyl (C=O) groups is 4. The second-order valence-electron chi connectivity index (χ2n) is 14.4. The molecule has 11 nitrogen and oxygen atoms in total. The molecule has 3 N–H and O–H groups in total. The number of hydrogen-bond acceptors (Lipinski definition) is 7. The Kier molecular flexibility index (Phi) is 12.5. The van der Waals surface area contributed by atoms with Crippen LogP contribution in [0.3, 0.4) is 0 Å². The molecule has 3 amide bonds. The fourth-order valence-corrected chi connectivity index (χ4v) is 7.99. The van der Waals surface area contributed by atoms with Gasteiger partial charge in [0.05, 0.1) is 27.2 Å². The smallest absolute Gasteiger partial charge is 0.407 e. The molecule has 0 bridgehead atoms. The molecule has 60 heavy (non-hydrogen) atoms. The van der Waals surface area contributed by atoms with Crippen LogP contribution >= 0.6 is 0 Å². The van der Waals surface area contributed by atoms with E-state index in [2.05, 4.69) is 10.6 Å². The predicted molar refractivity (Wildman–Crippen MR) is 227 cm³/mol. The summed E-state index contributed by atoms with van der Waals surface area (Å²) in [4.78, 5) is 56.6. The van der Waals surface area contributed by atoms with Crippen molar-refractivity contribution in [2.24, 2.45) is 0 Å². The molecule has 0 aliphatic heterocycles. The molecule has 0 fully saturated rings. The average molecular weight is 804 g/mol. The number of amides is 3. The van der Waals surface area contributed by atoms with Crippen molar-refractivity contribution < 1.29 is 38.5 Å². The molecule has 0 saturated heterocycles. The minimum atomic E-state index is -1.55. The van der Waals surface area contributed by atoms with Crippen LogP contribution in [0.15, 0.2) is 158 Å². The Morgan fingerprint density at radius 1 is 0.683 bits per heavy atom. The summed E-state index contributed by atoms with van der Waals surface area (Å²) in [7, 11) is 2.95. The third-order valence-electron chi connectivity index (χ3n) is 10.8. The van der Waals surface area contributed by atoms with Crippen molar-refractivity contribution in [1.29, 1.82) is 0 Å². The largest absolute Gasteiger partial charge is 0.497 e. The van der Waals surface area contributed by atoms with E-state index in [1.54, 1.807) is 18.2 Å². The van der Waals surface area contributed by atoms with Crippen LogP contribution in [0.25, 0.3) is 11.1 Å². The van der Waals surface area contributed by atoms with Crippen molar-refractivity contribution in [3.05, 3.63) is 191 Å². The van der Waals surface area contributed by atoms with Crippen LogP contribution in [0.4, 0.5) is 4.79 Å². The van der Waals surface area contributed by atoms with E-state index >= 15 is 0 Å². The highest BCUT2D eigenvalue weighted by Crippen LogP contribution is 2.44. The zero-order valence-electron chi connectivity index (χ0n) is 33.2. The van der Waals surface area contributed by atoms with Crippen LogP contribution in [0.2, 0.25) is 0 Å². The van der Waals surface area contributed by atoms with Gasteiger partial charge >= 0.3 is 12.1 Å². The summed E-state index contributed by atoms with van der Waals surface area (Å²) in [5, 5.41) is 15.9. The van der Waals surface area contributed by atoms with Crippen molar-refractivity contribution in [3.63, 3.8) is 0 Å². The number of rotatable bonds is 16. The summed E-state index contributed by atoms with van der Waals surface area (Å²) in [5.74, 6) is -2.12. The molecule has 1 aliphatic rings. The van der Waals surface area contributed by atoms with Crippen molar-refractivity contribution in [2.45, 2.75) is 30.5 Å². The molecule has 1 atom stereocenters. The molecule has 0 spiro atoms. The molecule has 6 aromatic carbocycles. The first-order chi connectivity index (χ1) is 29.2. The van der Waals surface area contributed by atoms with E-state index in [0.717, 1.165) is 43.8 Å². The van der Waals surface area contributed by atoms with Crippen LogP contribution in [0, 0.1) is 0 Å². The first-order valence-electron chi connectivity index (χ1n) is 19.5. The summed E-state index contributed by atoms with van der Waals surface area (Å²) >= 11 is 0. The minimum absolute atomic E-state index is 0.0476. The third kappa shape index (κ3) is 8.70. The van der Waals surface area contributed by atoms with Crippen molar-refractivity contribution in [3.8, 4) is 22.6 Å². The molecular formula is C49H45N3O8. The molecule has 11 heteroatoms. The maximum absolute atomic E-state index is 14.7. The first kappa shape index (κ1) is 40.8. The Labute approximate surface area is 348 Å². The van der Waals surface area contributed by atoms with Gasteiger partial charge in [-0.3, -0.25) is 14.4 Å². The van der Waals surface area contributed by atoms with Gasteiger partial charge < -0.3 is 34.9 Å². The lowest BCUT2D eigenvalue weighted by molar-refractivity contribution is -0.146. The Balaban J connectivity index is 1.22. The fourth-order valence-electron chi connectivity index (χ4n) is 7.99. The summed E-state index contributed by atoms with van der Waals surface area (Å²) < 4.78 is 16.7. The zero-order valence-corrected chi connectivity index (χ0v) is 33.2. The molecule has 0 unspecified atom stereocenters. The second kappa shape index (κ2) is 18.5. The van der Waals surface area contributed by atoms with Gasteiger partial charge in [0.25, 0.3) is 0 Å². The topological polar surface area (TPSA) is 143 Å². The molecule has 7 rings (SSSR count). The molecule has 6 aromatic rings. The number of nitrogens with zero attached hydrogens (tertiary/aromatic N) is 1. The highest BCUT2D eigenvalue weighted by Gasteiger charge is 2.40. The van der Waals surface area contributed by atoms with Crippen molar-refractivity contribution >= 4 is 23.9 Å². The van der Waals surface area contributed by atoms with Gasteiger partial charge in [-0.25, -0.2) is 4.79 Å². The van der Waals surface area contributed by atoms with Crippen molar-refractivity contribution in [2.75, 3.05) is 27.4 Å². The molecule has 0 heterocycles. The second-order valence-corrected chi connectivity index (χ2v) is 14.4. The van der Waals surface area contributed by atoms with Crippen LogP contribution in [-0.2, 0) is 31.2 Å². The average Bonchev–Trinajstić information content (AvgIpc) is 3.61. The predicted octanol–water partition coefficient (Wildman–Crippen LogP) is 7.52. The summed E-state index contributed by atoms with van der Waals surface area (Å²) in [6, 6.07) is 47.6. The van der Waals surface area contributed by atoms with Crippen LogP contribution < -0.4 is 20.1 Å². The van der Waals surface area contributed by atoms with Gasteiger partial charge in [0.2, 0.25) is 11.8 Å². The fraction of sp³-hybridized carbons (Fsp3) is 0.184. The Morgan fingerprint density at radius 2 is 1.20 bits per heavy atom. The monoisotopic (exact) mass is 803 g/mol. The van der Waals surface area contributed by atoms with Gasteiger partial charge in [0.15, 0.2) is 0 Å². The van der Waals surface area contributed by atoms with Gasteiger partial charge in [0, 0.05) is 17.5 Å². The maximum atomic E-state index is 14.7. The number of carboxylic acids is 1. The lowest BCUT2D eigenvalue weighted by atomic mass is 9.77. The van der Waals surface area contributed by atoms with E-state index in [0.29, 0.717) is 17.1 Å². The number of fused-ring (bicyclic) bond motifs is 3. The molecule has 0 aromatic heterocycles. The van der Waals surface area contributed by atoms with Crippen LogP contribution in [-0.4, -0.2) is 67.3 Å². The van der Waals surface area contributed by atoms with Crippen LogP contribution in [0.1, 0.15) is 45.7 Å². The van der Waals surface area contributed by atoms with E-state index in [-0.39, 0.29) is 19.1 Å². The zero-order chi connectivity index (χ0) is 42.1. The van der Waals surface area contributed by atoms with E-state index < -0.39 is 48.4 Å². The van der Waals surface area contributed by atoms with Crippen molar-refractivity contribution in [1.82, 2.24) is 15.5 Å². The van der Waals surface area contributed by atoms with Gasteiger partial charge in [-0.2, -0.15) is 0 Å². The van der Waals surface area contributed by atoms with Gasteiger partial charge in [-0.15, -0.1) is 0 Å². The lowest BCUT2D eigenvalue weighted by Crippen LogP contribution is -2.54. The van der Waals surface area contributed by atoms with E-state index in [4.69, 9.17) is 14.2 Å². The number of methoxy groups -OCH3 is 2. The van der Waals surface area contributed by atoms with E-state index in [1.165, 1.54) is 14.2 Å². The summed E-state index contributed by atoms with van der Waals surface area (Å²) in [6.45, 7) is -1.00. The number of aliphatic carboxylic acids is 1. The number of carboxylic acid groups (broad SMARTS) is 1. The van der Waals surface area contributed by atoms with Gasteiger partial charge in [-0.1, -0.05) is 140 Å². The molecule has 304 valence electrons. The van der Waals surface area contributed by atoms with E-state index in [1.807, 2.05) is 140 Å².